The van der Waals surface area contributed by atoms with Crippen LogP contribution >= 0.6 is 0 Å². The number of para-hydroxylation sites is 1. The molecule has 24 heavy (non-hydrogen) atoms. The molecule has 1 N–H and O–H groups in total. The van der Waals surface area contributed by atoms with E-state index in [-0.39, 0.29) is 23.2 Å². The predicted molar refractivity (Wildman–Crippen MR) is 89.9 cm³/mol. The first-order valence-electron chi connectivity index (χ1n) is 7.64. The molecule has 2 aromatic carbocycles. The summed E-state index contributed by atoms with van der Waals surface area (Å²) in [6.07, 6.45) is 0.517. The van der Waals surface area contributed by atoms with E-state index in [1.165, 1.54) is 18.2 Å². The van der Waals surface area contributed by atoms with Gasteiger partial charge in [0.1, 0.15) is 17.2 Å². The molecule has 0 radical (unpaired) electrons. The monoisotopic (exact) mass is 325 g/mol. The van der Waals surface area contributed by atoms with Gasteiger partial charge in [-0.05, 0) is 17.7 Å². The van der Waals surface area contributed by atoms with Crippen LogP contribution in [0.3, 0.4) is 0 Å². The summed E-state index contributed by atoms with van der Waals surface area (Å²) in [6.45, 7) is 1.79. The maximum Gasteiger partial charge on any atom is 0.280 e. The molecule has 122 valence electrons. The van der Waals surface area contributed by atoms with Crippen molar-refractivity contribution >= 4 is 16.8 Å². The van der Waals surface area contributed by atoms with Gasteiger partial charge in [0.2, 0.25) is 5.91 Å². The van der Waals surface area contributed by atoms with Gasteiger partial charge in [0.15, 0.2) is 0 Å². The quantitative estimate of drug-likeness (QED) is 0.801. The molecule has 0 atom stereocenters. The van der Waals surface area contributed by atoms with Crippen LogP contribution in [0.25, 0.3) is 10.9 Å². The van der Waals surface area contributed by atoms with Crippen LogP contribution < -0.4 is 11.0 Å². The highest BCUT2D eigenvalue weighted by molar-refractivity contribution is 5.86. The maximum atomic E-state index is 13.9. The molecular formula is C18H16FN3O2. The number of aryl methyl sites for hydroxylation is 1. The number of benzene rings is 2. The van der Waals surface area contributed by atoms with Crippen LogP contribution in [0.4, 0.5) is 4.39 Å². The number of nitrogens with zero attached hydrogens (tertiary/aromatic N) is 2. The molecule has 0 fully saturated rings. The van der Waals surface area contributed by atoms with Crippen molar-refractivity contribution in [1.82, 2.24) is 9.66 Å². The zero-order valence-electron chi connectivity index (χ0n) is 13.1. The fourth-order valence-corrected chi connectivity index (χ4v) is 2.52. The second kappa shape index (κ2) is 6.62. The second-order valence-electron chi connectivity index (χ2n) is 5.36. The van der Waals surface area contributed by atoms with Crippen LogP contribution in [-0.2, 0) is 17.6 Å². The van der Waals surface area contributed by atoms with Crippen LogP contribution in [0.5, 0.6) is 0 Å². The van der Waals surface area contributed by atoms with E-state index in [4.69, 9.17) is 0 Å². The number of aromatic nitrogens is 2. The van der Waals surface area contributed by atoms with Crippen molar-refractivity contribution in [1.29, 1.82) is 0 Å². The second-order valence-corrected chi connectivity index (χ2v) is 5.36. The summed E-state index contributed by atoms with van der Waals surface area (Å²) >= 11 is 0. The lowest BCUT2D eigenvalue weighted by atomic mass is 10.1. The molecule has 0 aliphatic heterocycles. The third kappa shape index (κ3) is 3.03. The summed E-state index contributed by atoms with van der Waals surface area (Å²) < 4.78 is 15.0. The summed E-state index contributed by atoms with van der Waals surface area (Å²) in [6, 6.07) is 13.4. The minimum Gasteiger partial charge on any atom is -0.273 e. The van der Waals surface area contributed by atoms with Gasteiger partial charge in [-0.1, -0.05) is 43.3 Å². The number of rotatable bonds is 4. The number of hydrogen-bond donors (Lipinski definition) is 1. The van der Waals surface area contributed by atoms with Crippen molar-refractivity contribution in [2.45, 2.75) is 19.8 Å². The molecule has 0 saturated carbocycles. The van der Waals surface area contributed by atoms with Gasteiger partial charge in [-0.2, -0.15) is 0 Å². The Hall–Kier alpha value is -3.02. The van der Waals surface area contributed by atoms with Gasteiger partial charge in [0.05, 0.1) is 11.8 Å². The number of fused-ring (bicyclic) bond motifs is 1. The van der Waals surface area contributed by atoms with Crippen LogP contribution in [-0.4, -0.2) is 15.6 Å². The fourth-order valence-electron chi connectivity index (χ4n) is 2.52. The summed E-state index contributed by atoms with van der Waals surface area (Å²) in [5.74, 6) is -0.586. The Morgan fingerprint density at radius 2 is 1.92 bits per heavy atom. The van der Waals surface area contributed by atoms with E-state index in [0.717, 1.165) is 10.2 Å². The Labute approximate surface area is 137 Å². The summed E-state index contributed by atoms with van der Waals surface area (Å²) in [4.78, 5) is 29.0. The Bertz CT molecular complexity index is 952. The normalized spacial score (nSPS) is 10.8. The molecule has 0 unspecified atom stereocenters. The third-order valence-electron chi connectivity index (χ3n) is 3.68. The van der Waals surface area contributed by atoms with Crippen molar-refractivity contribution in [3.8, 4) is 0 Å². The molecule has 0 bridgehead atoms. The molecule has 0 spiro atoms. The van der Waals surface area contributed by atoms with E-state index in [9.17, 15) is 14.0 Å². The van der Waals surface area contributed by atoms with Crippen molar-refractivity contribution < 1.29 is 9.18 Å². The lowest BCUT2D eigenvalue weighted by Crippen LogP contribution is -2.37. The van der Waals surface area contributed by atoms with Gasteiger partial charge >= 0.3 is 0 Å². The number of carbonyl (C=O) groups is 1. The van der Waals surface area contributed by atoms with Crippen LogP contribution in [0.2, 0.25) is 0 Å². The SMILES string of the molecule is CCc1nc2c(F)cccc2c(=O)n1NC(=O)Cc1ccccc1. The van der Waals surface area contributed by atoms with E-state index in [2.05, 4.69) is 10.4 Å². The first-order chi connectivity index (χ1) is 11.6. The average molecular weight is 325 g/mol. The smallest absolute Gasteiger partial charge is 0.273 e. The third-order valence-corrected chi connectivity index (χ3v) is 3.68. The molecule has 5 nitrogen and oxygen atoms in total. The van der Waals surface area contributed by atoms with Crippen molar-refractivity contribution in [3.05, 3.63) is 76.1 Å². The van der Waals surface area contributed by atoms with Crippen molar-refractivity contribution in [2.24, 2.45) is 0 Å². The molecule has 1 amide bonds. The van der Waals surface area contributed by atoms with Gasteiger partial charge in [0, 0.05) is 6.42 Å². The molecule has 1 aromatic heterocycles. The van der Waals surface area contributed by atoms with Crippen LogP contribution in [0.1, 0.15) is 18.3 Å². The Morgan fingerprint density at radius 3 is 2.62 bits per heavy atom. The van der Waals surface area contributed by atoms with Crippen molar-refractivity contribution in [2.75, 3.05) is 5.43 Å². The van der Waals surface area contributed by atoms with E-state index in [1.807, 2.05) is 30.3 Å². The molecule has 0 saturated heterocycles. The van der Waals surface area contributed by atoms with E-state index >= 15 is 0 Å². The molecule has 3 rings (SSSR count). The van der Waals surface area contributed by atoms with E-state index in [0.29, 0.717) is 12.2 Å². The summed E-state index contributed by atoms with van der Waals surface area (Å²) in [7, 11) is 0. The van der Waals surface area contributed by atoms with Crippen molar-refractivity contribution in [3.63, 3.8) is 0 Å². The molecule has 1 heterocycles. The predicted octanol–water partition coefficient (Wildman–Crippen LogP) is 2.41. The highest BCUT2D eigenvalue weighted by atomic mass is 19.1. The minimum atomic E-state index is -0.554. The maximum absolute atomic E-state index is 13.9. The Balaban J connectivity index is 1.98. The van der Waals surface area contributed by atoms with E-state index < -0.39 is 11.4 Å². The van der Waals surface area contributed by atoms with Gasteiger partial charge in [-0.25, -0.2) is 14.1 Å². The van der Waals surface area contributed by atoms with E-state index in [1.54, 1.807) is 6.92 Å². The zero-order valence-corrected chi connectivity index (χ0v) is 13.1. The topological polar surface area (TPSA) is 64.0 Å². The first-order valence-corrected chi connectivity index (χ1v) is 7.64. The molecule has 0 aliphatic rings. The summed E-state index contributed by atoms with van der Waals surface area (Å²) in [5.41, 5.74) is 2.94. The van der Waals surface area contributed by atoms with Gasteiger partial charge in [-0.15, -0.1) is 0 Å². The Kier molecular flexibility index (Phi) is 4.37. The average Bonchev–Trinajstić information content (AvgIpc) is 2.58. The van der Waals surface area contributed by atoms with Gasteiger partial charge < -0.3 is 0 Å². The number of hydrogen-bond acceptors (Lipinski definition) is 3. The highest BCUT2D eigenvalue weighted by Gasteiger charge is 2.14. The number of carbonyl (C=O) groups excluding carboxylic acids is 1. The Morgan fingerprint density at radius 1 is 1.17 bits per heavy atom. The highest BCUT2D eigenvalue weighted by Crippen LogP contribution is 2.12. The molecular weight excluding hydrogens is 309 g/mol. The largest absolute Gasteiger partial charge is 0.280 e. The summed E-state index contributed by atoms with van der Waals surface area (Å²) in [5, 5.41) is 0.132. The standard InChI is InChI=1S/C18H16FN3O2/c1-2-15-20-17-13(9-6-10-14(17)19)18(24)22(15)21-16(23)11-12-7-4-3-5-8-12/h3-10H,2,11H2,1H3,(H,21,23). The van der Waals surface area contributed by atoms with Gasteiger partial charge in [-0.3, -0.25) is 15.0 Å². The number of nitrogens with one attached hydrogen (secondary N) is 1. The number of amides is 1. The zero-order chi connectivity index (χ0) is 17.1. The lowest BCUT2D eigenvalue weighted by molar-refractivity contribution is -0.116. The van der Waals surface area contributed by atoms with Gasteiger partial charge in [0.25, 0.3) is 5.56 Å². The molecule has 6 heteroatoms. The fraction of sp³-hybridized carbons (Fsp3) is 0.167. The minimum absolute atomic E-state index is 0.0212. The van der Waals surface area contributed by atoms with Crippen LogP contribution in [0, 0.1) is 5.82 Å². The molecule has 0 aliphatic carbocycles. The first kappa shape index (κ1) is 15.9. The number of halogens is 1. The van der Waals surface area contributed by atoms with Crippen LogP contribution in [0.15, 0.2) is 53.3 Å². The lowest BCUT2D eigenvalue weighted by Gasteiger charge is -2.13. The molecule has 3 aromatic rings.